The summed E-state index contributed by atoms with van der Waals surface area (Å²) in [6, 6.07) is 0. The Morgan fingerprint density at radius 3 is 0.796 bits per heavy atom. The maximum Gasteiger partial charge on any atom is 0.139 e. The number of thioether (sulfide) groups is 1. The van der Waals surface area contributed by atoms with E-state index in [1.807, 2.05) is 0 Å². The van der Waals surface area contributed by atoms with Crippen LogP contribution in [0.3, 0.4) is 0 Å². The highest BCUT2D eigenvalue weighted by Gasteiger charge is 1.99. The highest BCUT2D eigenvalue weighted by molar-refractivity contribution is 8.01. The number of ether oxygens (including phenoxy) is 14. The van der Waals surface area contributed by atoms with E-state index in [1.54, 1.807) is 18.7 Å². The number of carbonyl (C=O) groups excluding carboxylic acids is 1. The molecule has 0 aromatic heterocycles. The van der Waals surface area contributed by atoms with Crippen molar-refractivity contribution >= 4 is 29.6 Å². The number of hydrogen-bond donors (Lipinski definition) is 1. The quantitative estimate of drug-likeness (QED) is 0.0684. The first-order valence-corrected chi connectivity index (χ1v) is 20.8. The molecule has 0 atom stereocenters. The lowest BCUT2D eigenvalue weighted by atomic mass is 10.5. The molecule has 0 radical (unpaired) electrons. The number of carbonyl (C=O) groups is 1. The van der Waals surface area contributed by atoms with Crippen LogP contribution in [-0.2, 0) is 75.3 Å². The van der Waals surface area contributed by atoms with Crippen LogP contribution in [0.5, 0.6) is 0 Å². The second-order valence-corrected chi connectivity index (χ2v) is 12.7. The second-order valence-electron chi connectivity index (χ2n) is 10.7. The van der Waals surface area contributed by atoms with Gasteiger partial charge >= 0.3 is 0 Å². The molecule has 0 aromatic rings. The third-order valence-electron chi connectivity index (χ3n) is 6.08. The summed E-state index contributed by atoms with van der Waals surface area (Å²) in [5.74, 6) is 2.52. The van der Waals surface area contributed by atoms with Gasteiger partial charge in [-0.25, -0.2) is 0 Å². The Kier molecular flexibility index (Phi) is 50.5. The molecule has 0 aliphatic rings. The summed E-state index contributed by atoms with van der Waals surface area (Å²) in [6.45, 7) is 15.9. The molecule has 0 unspecified atom stereocenters. The molecule has 324 valence electrons. The summed E-state index contributed by atoms with van der Waals surface area (Å²) in [5, 5.41) is 8.59. The maximum atomic E-state index is 10.8. The topological polar surface area (TPSA) is 176 Å². The van der Waals surface area contributed by atoms with E-state index in [0.717, 1.165) is 11.5 Å². The fraction of sp³-hybridized carbons (Fsp3) is 0.971. The monoisotopic (exact) mass is 826 g/mol. The summed E-state index contributed by atoms with van der Waals surface area (Å²) in [6.07, 6.45) is 0. The van der Waals surface area contributed by atoms with Crippen LogP contribution in [0.15, 0.2) is 0 Å². The van der Waals surface area contributed by atoms with E-state index in [-0.39, 0.29) is 12.4 Å². The van der Waals surface area contributed by atoms with Crippen LogP contribution in [0.25, 0.3) is 0 Å². The molecule has 0 spiro atoms. The summed E-state index contributed by atoms with van der Waals surface area (Å²) in [7, 11) is 0. The van der Waals surface area contributed by atoms with Gasteiger partial charge < -0.3 is 75.6 Å². The van der Waals surface area contributed by atoms with E-state index >= 15 is 0 Å². The number of rotatable bonds is 50. The van der Waals surface area contributed by atoms with Crippen molar-refractivity contribution in [2.24, 2.45) is 0 Å². The van der Waals surface area contributed by atoms with E-state index in [9.17, 15) is 4.79 Å². The van der Waals surface area contributed by atoms with Gasteiger partial charge in [-0.2, -0.15) is 11.8 Å². The number of Topliss-reactive ketones (excluding diaryl/α,β-unsaturated/α-hetero) is 1. The van der Waals surface area contributed by atoms with Crippen molar-refractivity contribution in [2.45, 2.75) is 6.92 Å². The molecule has 0 fully saturated rings. The molecule has 17 nitrogen and oxygen atoms in total. The highest BCUT2D eigenvalue weighted by atomic mass is 32.2. The van der Waals surface area contributed by atoms with Crippen LogP contribution in [0.1, 0.15) is 6.92 Å². The molecule has 0 saturated heterocycles. The second kappa shape index (κ2) is 50.7. The van der Waals surface area contributed by atoms with Gasteiger partial charge in [0.25, 0.3) is 0 Å². The zero-order valence-electron chi connectivity index (χ0n) is 32.6. The van der Waals surface area contributed by atoms with Crippen molar-refractivity contribution in [1.29, 1.82) is 0 Å². The summed E-state index contributed by atoms with van der Waals surface area (Å²) >= 11 is 3.02. The molecule has 54 heavy (non-hydrogen) atoms. The third kappa shape index (κ3) is 51.7. The van der Waals surface area contributed by atoms with Crippen LogP contribution in [0.4, 0.5) is 0 Å². The minimum atomic E-state index is 0.0212. The first kappa shape index (κ1) is 53.7. The van der Waals surface area contributed by atoms with Gasteiger partial charge in [-0.15, -0.1) is 0 Å². The minimum Gasteiger partial charge on any atom is -0.394 e. The Balaban J connectivity index is 3.05. The average molecular weight is 827 g/mol. The predicted octanol–water partition coefficient (Wildman–Crippen LogP) is 1.20. The highest BCUT2D eigenvalue weighted by Crippen LogP contribution is 2.08. The molecule has 0 rings (SSSR count). The average Bonchev–Trinajstić information content (AvgIpc) is 3.17. The van der Waals surface area contributed by atoms with Gasteiger partial charge in [0, 0.05) is 11.5 Å². The summed E-state index contributed by atoms with van der Waals surface area (Å²) in [5.41, 5.74) is 0. The third-order valence-corrected chi connectivity index (χ3v) is 8.15. The molecule has 0 bridgehead atoms. The lowest BCUT2D eigenvalue weighted by Gasteiger charge is -2.09. The standard InChI is InChI=1S/C35H70O17S2/c1-35(37)34-53-32-33-54-52-31-30-51-29-28-50-27-26-49-25-24-48-23-22-47-21-20-46-19-18-45-17-16-44-15-14-43-13-12-42-11-10-41-9-8-40-7-6-39-5-4-38-3-2-36/h36H,2-34H2,1H3. The number of aliphatic hydroxyl groups excluding tert-OH is 1. The van der Waals surface area contributed by atoms with Gasteiger partial charge in [-0.3, -0.25) is 4.79 Å². The number of aliphatic hydroxyl groups is 1. The van der Waals surface area contributed by atoms with Crippen molar-refractivity contribution in [3.63, 3.8) is 0 Å². The molecule has 0 heterocycles. The fourth-order valence-electron chi connectivity index (χ4n) is 3.55. The molecule has 0 saturated carbocycles. The van der Waals surface area contributed by atoms with Crippen molar-refractivity contribution in [1.82, 2.24) is 0 Å². The summed E-state index contributed by atoms with van der Waals surface area (Å²) in [4.78, 5) is 10.8. The van der Waals surface area contributed by atoms with Gasteiger partial charge in [-0.1, -0.05) is 0 Å². The first-order valence-electron chi connectivity index (χ1n) is 18.8. The van der Waals surface area contributed by atoms with Gasteiger partial charge in [-0.05, 0) is 19.0 Å². The van der Waals surface area contributed by atoms with Crippen LogP contribution < -0.4 is 0 Å². The predicted molar refractivity (Wildman–Crippen MR) is 205 cm³/mol. The molecule has 0 aliphatic carbocycles. The Labute approximate surface area is 331 Å². The number of hydrogen-bond acceptors (Lipinski definition) is 19. The van der Waals surface area contributed by atoms with E-state index in [2.05, 4.69) is 0 Å². The molecule has 0 aromatic carbocycles. The first-order chi connectivity index (χ1) is 26.8. The van der Waals surface area contributed by atoms with Gasteiger partial charge in [0.2, 0.25) is 0 Å². The Bertz CT molecular complexity index is 706. The van der Waals surface area contributed by atoms with Crippen molar-refractivity contribution in [3.8, 4) is 0 Å². The smallest absolute Gasteiger partial charge is 0.139 e. The van der Waals surface area contributed by atoms with E-state index in [1.165, 1.54) is 12.0 Å². The SMILES string of the molecule is CC(=O)CSCCSOCCOCCOCCOCCOCCOCCOCCOCCOCCOCCOCCOCCOCCOCCOCCO. The maximum absolute atomic E-state index is 10.8. The Morgan fingerprint density at radius 1 is 0.352 bits per heavy atom. The van der Waals surface area contributed by atoms with Crippen LogP contribution in [-0.4, -0.2) is 226 Å². The van der Waals surface area contributed by atoms with Crippen molar-refractivity contribution in [3.05, 3.63) is 0 Å². The Hall–Kier alpha value is -0.270. The zero-order valence-corrected chi connectivity index (χ0v) is 34.3. The fourth-order valence-corrected chi connectivity index (χ4v) is 5.02. The lowest BCUT2D eigenvalue weighted by Crippen LogP contribution is -2.15. The largest absolute Gasteiger partial charge is 0.394 e. The van der Waals surface area contributed by atoms with E-state index in [0.29, 0.717) is 197 Å². The van der Waals surface area contributed by atoms with Gasteiger partial charge in [0.1, 0.15) is 5.78 Å². The van der Waals surface area contributed by atoms with E-state index in [4.69, 9.17) is 75.6 Å². The van der Waals surface area contributed by atoms with Gasteiger partial charge in [0.05, 0.1) is 204 Å². The van der Waals surface area contributed by atoms with Gasteiger partial charge in [0.15, 0.2) is 0 Å². The van der Waals surface area contributed by atoms with Crippen LogP contribution >= 0.6 is 23.8 Å². The zero-order chi connectivity index (χ0) is 38.9. The minimum absolute atomic E-state index is 0.0212. The van der Waals surface area contributed by atoms with Crippen molar-refractivity contribution < 1.29 is 80.4 Å². The molecule has 19 heteroatoms. The summed E-state index contributed by atoms with van der Waals surface area (Å²) < 4.78 is 81.5. The normalized spacial score (nSPS) is 11.6. The van der Waals surface area contributed by atoms with E-state index < -0.39 is 0 Å². The Morgan fingerprint density at radius 2 is 0.574 bits per heavy atom. The number of ketones is 1. The molecule has 0 aliphatic heterocycles. The lowest BCUT2D eigenvalue weighted by molar-refractivity contribution is -0.114. The molecular formula is C35H70O17S2. The molecular weight excluding hydrogens is 757 g/mol. The van der Waals surface area contributed by atoms with Crippen molar-refractivity contribution in [2.75, 3.05) is 215 Å². The van der Waals surface area contributed by atoms with Crippen LogP contribution in [0, 0.1) is 0 Å². The molecule has 1 N–H and O–H groups in total. The van der Waals surface area contributed by atoms with Crippen LogP contribution in [0.2, 0.25) is 0 Å². The molecule has 0 amide bonds.